The molecule has 3 rings (SSSR count). The van der Waals surface area contributed by atoms with Gasteiger partial charge in [-0.1, -0.05) is 12.1 Å². The first kappa shape index (κ1) is 13.0. The molecule has 1 aliphatic carbocycles. The summed E-state index contributed by atoms with van der Waals surface area (Å²) in [4.78, 5) is 20.7. The molecule has 1 heterocycles. The van der Waals surface area contributed by atoms with Gasteiger partial charge in [-0.25, -0.2) is 4.98 Å². The number of hydrogen-bond acceptors (Lipinski definition) is 4. The van der Waals surface area contributed by atoms with E-state index in [1.807, 2.05) is 31.2 Å². The largest absolute Gasteiger partial charge is 0.352 e. The highest BCUT2D eigenvalue weighted by atomic mass is 16.2. The third kappa shape index (κ3) is 3.11. The van der Waals surface area contributed by atoms with Crippen LogP contribution in [0.5, 0.6) is 0 Å². The lowest BCUT2D eigenvalue weighted by atomic mass is 10.2. The number of carbonyl (C=O) groups is 1. The van der Waals surface area contributed by atoms with Crippen LogP contribution in [0.2, 0.25) is 0 Å². The fraction of sp³-hybridized carbons (Fsp3) is 0.400. The van der Waals surface area contributed by atoms with Crippen LogP contribution in [0.15, 0.2) is 30.5 Å². The van der Waals surface area contributed by atoms with Gasteiger partial charge < -0.3 is 10.6 Å². The van der Waals surface area contributed by atoms with Crippen LogP contribution in [0.4, 0.5) is 0 Å². The van der Waals surface area contributed by atoms with Crippen LogP contribution in [0.1, 0.15) is 25.5 Å². The first-order chi connectivity index (χ1) is 9.72. The molecule has 1 aromatic heterocycles. The number of nitrogens with zero attached hydrogens (tertiary/aromatic N) is 2. The molecule has 5 heteroatoms. The Labute approximate surface area is 117 Å². The van der Waals surface area contributed by atoms with Crippen LogP contribution in [-0.2, 0) is 11.3 Å². The van der Waals surface area contributed by atoms with Crippen LogP contribution < -0.4 is 10.6 Å². The molecule has 1 unspecified atom stereocenters. The van der Waals surface area contributed by atoms with Gasteiger partial charge in [-0.05, 0) is 31.9 Å². The van der Waals surface area contributed by atoms with E-state index in [0.717, 1.165) is 29.6 Å². The Morgan fingerprint density at radius 3 is 2.85 bits per heavy atom. The zero-order valence-corrected chi connectivity index (χ0v) is 11.5. The van der Waals surface area contributed by atoms with E-state index in [1.54, 1.807) is 6.20 Å². The van der Waals surface area contributed by atoms with Crippen molar-refractivity contribution in [2.75, 3.05) is 0 Å². The molecule has 1 amide bonds. The summed E-state index contributed by atoms with van der Waals surface area (Å²) >= 11 is 0. The van der Waals surface area contributed by atoms with Crippen LogP contribution >= 0.6 is 0 Å². The number of carbonyl (C=O) groups excluding carboxylic acids is 1. The maximum absolute atomic E-state index is 11.8. The molecular formula is C15H18N4O. The van der Waals surface area contributed by atoms with Gasteiger partial charge in [0.05, 0.1) is 29.0 Å². The maximum atomic E-state index is 11.8. The summed E-state index contributed by atoms with van der Waals surface area (Å²) in [5, 5.41) is 6.16. The monoisotopic (exact) mass is 270 g/mol. The number of hydrogen-bond donors (Lipinski definition) is 2. The molecule has 2 N–H and O–H groups in total. The minimum absolute atomic E-state index is 0.0567. The first-order valence-corrected chi connectivity index (χ1v) is 6.97. The van der Waals surface area contributed by atoms with E-state index in [-0.39, 0.29) is 11.9 Å². The van der Waals surface area contributed by atoms with E-state index >= 15 is 0 Å². The average molecular weight is 270 g/mol. The molecule has 1 saturated carbocycles. The summed E-state index contributed by atoms with van der Waals surface area (Å²) in [5.41, 5.74) is 2.60. The van der Waals surface area contributed by atoms with Crippen LogP contribution in [0.3, 0.4) is 0 Å². The van der Waals surface area contributed by atoms with Gasteiger partial charge >= 0.3 is 0 Å². The normalized spacial score (nSPS) is 16.1. The third-order valence-electron chi connectivity index (χ3n) is 3.40. The second-order valence-corrected chi connectivity index (χ2v) is 5.24. The molecule has 0 saturated heterocycles. The van der Waals surface area contributed by atoms with Crippen molar-refractivity contribution >= 4 is 16.9 Å². The van der Waals surface area contributed by atoms with Crippen molar-refractivity contribution in [3.8, 4) is 0 Å². The lowest BCUT2D eigenvalue weighted by Gasteiger charge is -2.13. The molecule has 0 spiro atoms. The van der Waals surface area contributed by atoms with E-state index < -0.39 is 0 Å². The quantitative estimate of drug-likeness (QED) is 0.861. The fourth-order valence-electron chi connectivity index (χ4n) is 1.98. The van der Waals surface area contributed by atoms with Crippen LogP contribution in [-0.4, -0.2) is 28.0 Å². The van der Waals surface area contributed by atoms with E-state index in [0.29, 0.717) is 12.6 Å². The lowest BCUT2D eigenvalue weighted by molar-refractivity contribution is -0.122. The van der Waals surface area contributed by atoms with Gasteiger partial charge in [0.25, 0.3) is 0 Å². The van der Waals surface area contributed by atoms with Crippen molar-refractivity contribution in [1.82, 2.24) is 20.6 Å². The van der Waals surface area contributed by atoms with Gasteiger partial charge in [0.1, 0.15) is 0 Å². The molecule has 1 atom stereocenters. The van der Waals surface area contributed by atoms with Crippen molar-refractivity contribution < 1.29 is 4.79 Å². The molecule has 20 heavy (non-hydrogen) atoms. The lowest BCUT2D eigenvalue weighted by Crippen LogP contribution is -2.42. The molecule has 104 valence electrons. The maximum Gasteiger partial charge on any atom is 0.237 e. The molecule has 0 aliphatic heterocycles. The van der Waals surface area contributed by atoms with Crippen LogP contribution in [0, 0.1) is 0 Å². The summed E-state index contributed by atoms with van der Waals surface area (Å²) < 4.78 is 0. The van der Waals surface area contributed by atoms with Crippen molar-refractivity contribution in [2.45, 2.75) is 38.4 Å². The number of benzene rings is 1. The Morgan fingerprint density at radius 2 is 2.10 bits per heavy atom. The predicted octanol–water partition coefficient (Wildman–Crippen LogP) is 1.39. The van der Waals surface area contributed by atoms with Crippen LogP contribution in [0.25, 0.3) is 11.0 Å². The zero-order chi connectivity index (χ0) is 13.9. The van der Waals surface area contributed by atoms with Gasteiger partial charge in [0.15, 0.2) is 0 Å². The van der Waals surface area contributed by atoms with Gasteiger partial charge in [-0.15, -0.1) is 0 Å². The second-order valence-electron chi connectivity index (χ2n) is 5.24. The molecule has 0 radical (unpaired) electrons. The Bertz CT molecular complexity index is 624. The molecule has 5 nitrogen and oxygen atoms in total. The average Bonchev–Trinajstić information content (AvgIpc) is 3.28. The standard InChI is InChI=1S/C15H18N4O/c1-10(15(20)19-11-6-7-11)16-8-12-9-17-13-4-2-3-5-14(13)18-12/h2-5,9-11,16H,6-8H2,1H3,(H,19,20). The van der Waals surface area contributed by atoms with E-state index in [2.05, 4.69) is 20.6 Å². The van der Waals surface area contributed by atoms with E-state index in [1.165, 1.54) is 0 Å². The van der Waals surface area contributed by atoms with Crippen molar-refractivity contribution in [3.63, 3.8) is 0 Å². The number of aromatic nitrogens is 2. The van der Waals surface area contributed by atoms with Crippen molar-refractivity contribution in [3.05, 3.63) is 36.2 Å². The molecular weight excluding hydrogens is 252 g/mol. The Morgan fingerprint density at radius 1 is 1.35 bits per heavy atom. The molecule has 2 aromatic rings. The Hall–Kier alpha value is -2.01. The second kappa shape index (κ2) is 5.54. The van der Waals surface area contributed by atoms with Gasteiger partial charge in [0, 0.05) is 12.6 Å². The van der Waals surface area contributed by atoms with Gasteiger partial charge in [-0.3, -0.25) is 9.78 Å². The zero-order valence-electron chi connectivity index (χ0n) is 11.5. The van der Waals surface area contributed by atoms with Crippen molar-refractivity contribution in [1.29, 1.82) is 0 Å². The first-order valence-electron chi connectivity index (χ1n) is 6.97. The summed E-state index contributed by atoms with van der Waals surface area (Å²) in [6, 6.07) is 7.94. The summed E-state index contributed by atoms with van der Waals surface area (Å²) in [6.45, 7) is 2.41. The molecule has 1 aliphatic rings. The smallest absolute Gasteiger partial charge is 0.237 e. The Balaban J connectivity index is 1.59. The topological polar surface area (TPSA) is 66.9 Å². The summed E-state index contributed by atoms with van der Waals surface area (Å²) in [6.07, 6.45) is 3.96. The molecule has 1 aromatic carbocycles. The minimum Gasteiger partial charge on any atom is -0.352 e. The highest BCUT2D eigenvalue weighted by Gasteiger charge is 2.25. The highest BCUT2D eigenvalue weighted by Crippen LogP contribution is 2.18. The molecule has 1 fully saturated rings. The van der Waals surface area contributed by atoms with Crippen molar-refractivity contribution in [2.24, 2.45) is 0 Å². The van der Waals surface area contributed by atoms with E-state index in [9.17, 15) is 4.79 Å². The fourth-order valence-corrected chi connectivity index (χ4v) is 1.98. The molecule has 0 bridgehead atoms. The number of nitrogens with one attached hydrogen (secondary N) is 2. The van der Waals surface area contributed by atoms with Gasteiger partial charge in [0.2, 0.25) is 5.91 Å². The number of amides is 1. The third-order valence-corrected chi connectivity index (χ3v) is 3.40. The Kier molecular flexibility index (Phi) is 3.60. The summed E-state index contributed by atoms with van der Waals surface area (Å²) in [5.74, 6) is 0.0567. The minimum atomic E-state index is -0.219. The SMILES string of the molecule is CC(NCc1cnc2ccccc2n1)C(=O)NC1CC1. The van der Waals surface area contributed by atoms with E-state index in [4.69, 9.17) is 0 Å². The number of fused-ring (bicyclic) bond motifs is 1. The highest BCUT2D eigenvalue weighted by molar-refractivity contribution is 5.81. The summed E-state index contributed by atoms with van der Waals surface area (Å²) in [7, 11) is 0. The van der Waals surface area contributed by atoms with Gasteiger partial charge in [-0.2, -0.15) is 0 Å². The number of para-hydroxylation sites is 2. The number of rotatable bonds is 5. The predicted molar refractivity (Wildman–Crippen MR) is 77.0 cm³/mol.